The Bertz CT molecular complexity index is 1110. The van der Waals surface area contributed by atoms with Crippen molar-refractivity contribution in [3.63, 3.8) is 0 Å². The zero-order valence-electron chi connectivity index (χ0n) is 18.0. The predicted molar refractivity (Wildman–Crippen MR) is 121 cm³/mol. The van der Waals surface area contributed by atoms with Gasteiger partial charge in [-0.25, -0.2) is 16.8 Å². The molecule has 0 bridgehead atoms. The Kier molecular flexibility index (Phi) is 8.08. The quantitative estimate of drug-likeness (QED) is 0.574. The summed E-state index contributed by atoms with van der Waals surface area (Å²) in [5.41, 5.74) is 1.06. The van der Waals surface area contributed by atoms with Crippen molar-refractivity contribution in [2.45, 2.75) is 31.2 Å². The van der Waals surface area contributed by atoms with Crippen LogP contribution < -0.4 is 14.4 Å². The molecule has 1 atom stereocenters. The fourth-order valence-electron chi connectivity index (χ4n) is 3.03. The summed E-state index contributed by atoms with van der Waals surface area (Å²) >= 11 is 0. The molecule has 0 spiro atoms. The van der Waals surface area contributed by atoms with Crippen molar-refractivity contribution in [3.05, 3.63) is 54.1 Å². The molecule has 0 heterocycles. The normalized spacial score (nSPS) is 12.8. The number of ether oxygens (including phenoxy) is 1. The molecule has 170 valence electrons. The van der Waals surface area contributed by atoms with Gasteiger partial charge in [-0.15, -0.1) is 0 Å². The van der Waals surface area contributed by atoms with Crippen LogP contribution in [0, 0.1) is 0 Å². The topological polar surface area (TPSA) is 110 Å². The van der Waals surface area contributed by atoms with E-state index in [9.17, 15) is 21.6 Å². The number of carbonyl (C=O) groups is 1. The van der Waals surface area contributed by atoms with Gasteiger partial charge in [-0.05, 0) is 43.2 Å². The average molecular weight is 469 g/mol. The number of hydrogen-bond acceptors (Lipinski definition) is 6. The number of hydrogen-bond donors (Lipinski definition) is 1. The standard InChI is InChI=1S/C21H28N2O6S2/c1-5-20(16-10-12-19(13-11-16)30(3,25)26)22-21(24)15-23(31(4,27)28)17-8-7-9-18(14-17)29-6-2/h7-14,20H,5-6,15H2,1-4H3,(H,22,24). The number of nitrogens with zero attached hydrogens (tertiary/aromatic N) is 1. The predicted octanol–water partition coefficient (Wildman–Crippen LogP) is 2.52. The fraction of sp³-hybridized carbons (Fsp3) is 0.381. The fourth-order valence-corrected chi connectivity index (χ4v) is 4.51. The molecule has 0 saturated heterocycles. The van der Waals surface area contributed by atoms with Gasteiger partial charge in [0.15, 0.2) is 9.84 Å². The molecule has 8 nitrogen and oxygen atoms in total. The van der Waals surface area contributed by atoms with Gasteiger partial charge in [-0.2, -0.15) is 0 Å². The van der Waals surface area contributed by atoms with E-state index in [4.69, 9.17) is 4.74 Å². The highest BCUT2D eigenvalue weighted by Crippen LogP contribution is 2.24. The third-order valence-corrected chi connectivity index (χ3v) is 6.83. The van der Waals surface area contributed by atoms with E-state index in [1.807, 2.05) is 13.8 Å². The molecular weight excluding hydrogens is 440 g/mol. The molecule has 0 aromatic heterocycles. The lowest BCUT2D eigenvalue weighted by Crippen LogP contribution is -2.41. The second-order valence-corrected chi connectivity index (χ2v) is 11.0. The molecule has 0 aliphatic heterocycles. The Balaban J connectivity index is 2.20. The molecular formula is C21H28N2O6S2. The van der Waals surface area contributed by atoms with E-state index in [1.165, 1.54) is 12.1 Å². The Morgan fingerprint density at radius 3 is 2.19 bits per heavy atom. The summed E-state index contributed by atoms with van der Waals surface area (Å²) in [6, 6.07) is 12.4. The Hall–Kier alpha value is -2.59. The molecule has 0 aliphatic rings. The first-order valence-electron chi connectivity index (χ1n) is 9.75. The van der Waals surface area contributed by atoms with Crippen molar-refractivity contribution in [3.8, 4) is 5.75 Å². The van der Waals surface area contributed by atoms with Crippen LogP contribution in [0.25, 0.3) is 0 Å². The zero-order valence-corrected chi connectivity index (χ0v) is 19.7. The smallest absolute Gasteiger partial charge is 0.241 e. The van der Waals surface area contributed by atoms with Crippen molar-refractivity contribution >= 4 is 31.5 Å². The Morgan fingerprint density at radius 1 is 1.03 bits per heavy atom. The third-order valence-electron chi connectivity index (χ3n) is 4.56. The number of rotatable bonds is 10. The summed E-state index contributed by atoms with van der Waals surface area (Å²) in [6.45, 7) is 3.72. The number of sulfone groups is 1. The molecule has 10 heteroatoms. The Labute approximate surface area is 184 Å². The number of anilines is 1. The highest BCUT2D eigenvalue weighted by Gasteiger charge is 2.23. The number of amides is 1. The number of benzene rings is 2. The summed E-state index contributed by atoms with van der Waals surface area (Å²) in [7, 11) is -7.04. The number of sulfonamides is 1. The highest BCUT2D eigenvalue weighted by molar-refractivity contribution is 7.92. The van der Waals surface area contributed by atoms with E-state index < -0.39 is 38.4 Å². The zero-order chi connectivity index (χ0) is 23.2. The van der Waals surface area contributed by atoms with Crippen LogP contribution >= 0.6 is 0 Å². The second-order valence-electron chi connectivity index (χ2n) is 7.07. The minimum atomic E-state index is -3.72. The van der Waals surface area contributed by atoms with E-state index in [0.717, 1.165) is 22.4 Å². The van der Waals surface area contributed by atoms with Crippen LogP contribution in [0.15, 0.2) is 53.4 Å². The van der Waals surface area contributed by atoms with Gasteiger partial charge >= 0.3 is 0 Å². The van der Waals surface area contributed by atoms with Crippen molar-refractivity contribution in [2.24, 2.45) is 0 Å². The molecule has 1 N–H and O–H groups in total. The van der Waals surface area contributed by atoms with Gasteiger partial charge in [-0.3, -0.25) is 9.10 Å². The number of nitrogens with one attached hydrogen (secondary N) is 1. The van der Waals surface area contributed by atoms with Gasteiger partial charge < -0.3 is 10.1 Å². The van der Waals surface area contributed by atoms with E-state index in [1.54, 1.807) is 36.4 Å². The van der Waals surface area contributed by atoms with Crippen LogP contribution in [0.2, 0.25) is 0 Å². The summed E-state index contributed by atoms with van der Waals surface area (Å²) in [5, 5.41) is 2.83. The molecule has 0 fully saturated rings. The lowest BCUT2D eigenvalue weighted by Gasteiger charge is -2.24. The van der Waals surface area contributed by atoms with Gasteiger partial charge in [0.2, 0.25) is 15.9 Å². The largest absolute Gasteiger partial charge is 0.494 e. The first kappa shape index (κ1) is 24.7. The van der Waals surface area contributed by atoms with Crippen LogP contribution in [-0.2, 0) is 24.7 Å². The van der Waals surface area contributed by atoms with E-state index in [-0.39, 0.29) is 4.90 Å². The summed E-state index contributed by atoms with van der Waals surface area (Å²) < 4.78 is 54.4. The molecule has 2 aromatic rings. The van der Waals surface area contributed by atoms with E-state index in [2.05, 4.69) is 5.32 Å². The molecule has 0 radical (unpaired) electrons. The van der Waals surface area contributed by atoms with Crippen molar-refractivity contribution in [1.82, 2.24) is 5.32 Å². The second kappa shape index (κ2) is 10.1. The maximum atomic E-state index is 12.7. The van der Waals surface area contributed by atoms with Gasteiger partial charge in [0, 0.05) is 12.3 Å². The molecule has 0 aliphatic carbocycles. The van der Waals surface area contributed by atoms with E-state index >= 15 is 0 Å². The van der Waals surface area contributed by atoms with Crippen molar-refractivity contribution in [2.75, 3.05) is 30.0 Å². The lowest BCUT2D eigenvalue weighted by atomic mass is 10.0. The van der Waals surface area contributed by atoms with Crippen molar-refractivity contribution < 1.29 is 26.4 Å². The molecule has 1 amide bonds. The minimum Gasteiger partial charge on any atom is -0.494 e. The van der Waals surface area contributed by atoms with Crippen molar-refractivity contribution in [1.29, 1.82) is 0 Å². The van der Waals surface area contributed by atoms with Crippen LogP contribution in [0.1, 0.15) is 31.9 Å². The Morgan fingerprint density at radius 2 is 1.68 bits per heavy atom. The third kappa shape index (κ3) is 6.96. The van der Waals surface area contributed by atoms with E-state index in [0.29, 0.717) is 24.5 Å². The van der Waals surface area contributed by atoms with Crippen LogP contribution in [0.5, 0.6) is 5.75 Å². The minimum absolute atomic E-state index is 0.190. The van der Waals surface area contributed by atoms with Crippen LogP contribution in [0.4, 0.5) is 5.69 Å². The summed E-state index contributed by atoms with van der Waals surface area (Å²) in [4.78, 5) is 12.9. The molecule has 2 rings (SSSR count). The summed E-state index contributed by atoms with van der Waals surface area (Å²) in [5.74, 6) is 0.0257. The first-order chi connectivity index (χ1) is 14.5. The SMILES string of the molecule is CCOc1cccc(N(CC(=O)NC(CC)c2ccc(S(C)(=O)=O)cc2)S(C)(=O)=O)c1. The average Bonchev–Trinajstić information content (AvgIpc) is 2.69. The molecule has 0 saturated carbocycles. The van der Waals surface area contributed by atoms with Crippen LogP contribution in [0.3, 0.4) is 0 Å². The maximum Gasteiger partial charge on any atom is 0.241 e. The maximum absolute atomic E-state index is 12.7. The monoisotopic (exact) mass is 468 g/mol. The van der Waals surface area contributed by atoms with Gasteiger partial charge in [0.25, 0.3) is 0 Å². The molecule has 1 unspecified atom stereocenters. The molecule has 31 heavy (non-hydrogen) atoms. The van der Waals surface area contributed by atoms with Gasteiger partial charge in [-0.1, -0.05) is 25.1 Å². The lowest BCUT2D eigenvalue weighted by molar-refractivity contribution is -0.120. The molecule has 2 aromatic carbocycles. The summed E-state index contributed by atoms with van der Waals surface area (Å²) in [6.07, 6.45) is 2.71. The van der Waals surface area contributed by atoms with Gasteiger partial charge in [0.05, 0.1) is 29.5 Å². The first-order valence-corrected chi connectivity index (χ1v) is 13.5. The number of carbonyl (C=O) groups excluding carboxylic acids is 1. The van der Waals surface area contributed by atoms with Crippen LogP contribution in [-0.4, -0.2) is 48.4 Å². The van der Waals surface area contributed by atoms with Gasteiger partial charge in [0.1, 0.15) is 12.3 Å². The highest BCUT2D eigenvalue weighted by atomic mass is 32.2.